The van der Waals surface area contributed by atoms with E-state index in [0.717, 1.165) is 58.7 Å². The second kappa shape index (κ2) is 6.90. The summed E-state index contributed by atoms with van der Waals surface area (Å²) in [6, 6.07) is 10.3. The maximum Gasteiger partial charge on any atom is 0.116 e. The summed E-state index contributed by atoms with van der Waals surface area (Å²) in [5, 5.41) is 10.4. The molecule has 1 saturated heterocycles. The van der Waals surface area contributed by atoms with Crippen LogP contribution in [0.1, 0.15) is 35.2 Å². The highest BCUT2D eigenvalue weighted by Crippen LogP contribution is 2.32. The molecule has 4 heterocycles. The standard InChI is InChI=1S/C22H21N7/c1-14-7-16(26-13-25-14)9-21-27-20-11-24-19-4-3-15(10-23)8-18(19)22(20)29(21)17-5-6-28(2)12-17/h3-4,7-8,11,13,17H,5-6,9,12H2,1-2H3/t17-/m1/s1. The van der Waals surface area contributed by atoms with Gasteiger partial charge in [-0.25, -0.2) is 15.0 Å². The summed E-state index contributed by atoms with van der Waals surface area (Å²) in [5.41, 5.74) is 5.35. The zero-order valence-corrected chi connectivity index (χ0v) is 16.5. The topological polar surface area (TPSA) is 83.5 Å². The summed E-state index contributed by atoms with van der Waals surface area (Å²) < 4.78 is 2.36. The van der Waals surface area contributed by atoms with Gasteiger partial charge in [-0.15, -0.1) is 0 Å². The highest BCUT2D eigenvalue weighted by atomic mass is 15.2. The fraction of sp³-hybridized carbons (Fsp3) is 0.318. The second-order valence-corrected chi connectivity index (χ2v) is 7.77. The van der Waals surface area contributed by atoms with Crippen molar-refractivity contribution in [3.8, 4) is 6.07 Å². The second-order valence-electron chi connectivity index (χ2n) is 7.77. The van der Waals surface area contributed by atoms with E-state index in [-0.39, 0.29) is 0 Å². The summed E-state index contributed by atoms with van der Waals surface area (Å²) >= 11 is 0. The van der Waals surface area contributed by atoms with Crippen LogP contribution in [0, 0.1) is 18.3 Å². The number of imidazole rings is 1. The van der Waals surface area contributed by atoms with Gasteiger partial charge in [-0.1, -0.05) is 0 Å². The van der Waals surface area contributed by atoms with Gasteiger partial charge in [0.25, 0.3) is 0 Å². The maximum absolute atomic E-state index is 9.40. The molecule has 0 bridgehead atoms. The van der Waals surface area contributed by atoms with Crippen LogP contribution in [0.15, 0.2) is 36.8 Å². The van der Waals surface area contributed by atoms with Gasteiger partial charge in [-0.05, 0) is 51.2 Å². The van der Waals surface area contributed by atoms with Gasteiger partial charge < -0.3 is 9.47 Å². The Labute approximate surface area is 168 Å². The van der Waals surface area contributed by atoms with E-state index in [4.69, 9.17) is 4.98 Å². The molecule has 1 aromatic carbocycles. The molecule has 144 valence electrons. The lowest BCUT2D eigenvalue weighted by atomic mass is 10.1. The third-order valence-electron chi connectivity index (χ3n) is 5.65. The molecule has 1 fully saturated rings. The van der Waals surface area contributed by atoms with Gasteiger partial charge >= 0.3 is 0 Å². The molecule has 1 atom stereocenters. The van der Waals surface area contributed by atoms with E-state index < -0.39 is 0 Å². The first-order chi connectivity index (χ1) is 14.1. The molecule has 0 radical (unpaired) electrons. The van der Waals surface area contributed by atoms with Crippen LogP contribution < -0.4 is 0 Å². The summed E-state index contributed by atoms with van der Waals surface area (Å²) in [6.45, 7) is 4.01. The molecule has 0 unspecified atom stereocenters. The van der Waals surface area contributed by atoms with E-state index in [0.29, 0.717) is 18.0 Å². The average Bonchev–Trinajstić information content (AvgIpc) is 3.30. The fourth-order valence-electron chi connectivity index (χ4n) is 4.30. The summed E-state index contributed by atoms with van der Waals surface area (Å²) in [5.74, 6) is 0.982. The van der Waals surface area contributed by atoms with E-state index in [1.165, 1.54) is 0 Å². The van der Waals surface area contributed by atoms with Crippen molar-refractivity contribution < 1.29 is 0 Å². The lowest BCUT2D eigenvalue weighted by Crippen LogP contribution is -2.18. The molecule has 5 rings (SSSR count). The van der Waals surface area contributed by atoms with Crippen LogP contribution in [0.3, 0.4) is 0 Å². The first-order valence-corrected chi connectivity index (χ1v) is 9.78. The van der Waals surface area contributed by atoms with Crippen LogP contribution >= 0.6 is 0 Å². The lowest BCUT2D eigenvalue weighted by molar-refractivity contribution is 0.392. The first-order valence-electron chi connectivity index (χ1n) is 9.78. The molecule has 0 aliphatic carbocycles. The van der Waals surface area contributed by atoms with Crippen molar-refractivity contribution in [3.63, 3.8) is 0 Å². The van der Waals surface area contributed by atoms with Gasteiger partial charge in [0.2, 0.25) is 0 Å². The van der Waals surface area contributed by atoms with Crippen LogP contribution in [0.5, 0.6) is 0 Å². The van der Waals surface area contributed by atoms with Gasteiger partial charge in [-0.3, -0.25) is 4.98 Å². The number of benzene rings is 1. The fourth-order valence-corrected chi connectivity index (χ4v) is 4.30. The molecule has 3 aromatic heterocycles. The predicted molar refractivity (Wildman–Crippen MR) is 110 cm³/mol. The average molecular weight is 383 g/mol. The van der Waals surface area contributed by atoms with Crippen LogP contribution in [0.25, 0.3) is 21.9 Å². The Kier molecular flexibility index (Phi) is 4.22. The quantitative estimate of drug-likeness (QED) is 0.541. The van der Waals surface area contributed by atoms with Crippen molar-refractivity contribution in [1.29, 1.82) is 5.26 Å². The molecule has 0 N–H and O–H groups in total. The van der Waals surface area contributed by atoms with Gasteiger partial charge in [0.05, 0.1) is 34.6 Å². The highest BCUT2D eigenvalue weighted by Gasteiger charge is 2.27. The molecule has 0 spiro atoms. The van der Waals surface area contributed by atoms with E-state index in [1.807, 2.05) is 37.4 Å². The Morgan fingerprint density at radius 3 is 2.83 bits per heavy atom. The zero-order valence-electron chi connectivity index (χ0n) is 16.5. The van der Waals surface area contributed by atoms with Crippen molar-refractivity contribution in [2.45, 2.75) is 25.8 Å². The van der Waals surface area contributed by atoms with Crippen molar-refractivity contribution in [2.75, 3.05) is 20.1 Å². The molecule has 29 heavy (non-hydrogen) atoms. The summed E-state index contributed by atoms with van der Waals surface area (Å²) in [7, 11) is 2.15. The molecular weight excluding hydrogens is 362 g/mol. The Morgan fingerprint density at radius 1 is 1.17 bits per heavy atom. The predicted octanol–water partition coefficient (Wildman–Crippen LogP) is 3.02. The normalized spacial score (nSPS) is 17.2. The SMILES string of the molecule is Cc1cc(Cc2nc3cnc4ccc(C#N)cc4c3n2[C@@H]2CCN(C)C2)ncn1. The number of fused-ring (bicyclic) bond motifs is 3. The number of aryl methyl sites for hydroxylation is 1. The number of nitriles is 1. The molecule has 1 aliphatic heterocycles. The maximum atomic E-state index is 9.40. The highest BCUT2D eigenvalue weighted by molar-refractivity contribution is 6.02. The largest absolute Gasteiger partial charge is 0.323 e. The van der Waals surface area contributed by atoms with Crippen molar-refractivity contribution in [1.82, 2.24) is 29.4 Å². The van der Waals surface area contributed by atoms with E-state index in [2.05, 4.69) is 37.5 Å². The van der Waals surface area contributed by atoms with Crippen LogP contribution in [0.2, 0.25) is 0 Å². The first kappa shape index (κ1) is 17.7. The number of aromatic nitrogens is 5. The van der Waals surface area contributed by atoms with Crippen molar-refractivity contribution in [2.24, 2.45) is 0 Å². The smallest absolute Gasteiger partial charge is 0.116 e. The van der Waals surface area contributed by atoms with Gasteiger partial charge in [0.15, 0.2) is 0 Å². The number of nitrogens with zero attached hydrogens (tertiary/aromatic N) is 7. The summed E-state index contributed by atoms with van der Waals surface area (Å²) in [6.07, 6.45) is 5.15. The Hall–Kier alpha value is -3.37. The minimum atomic E-state index is 0.333. The Balaban J connectivity index is 1.75. The number of likely N-dealkylation sites (N-methyl/N-ethyl adjacent to an activating group) is 1. The van der Waals surface area contributed by atoms with E-state index in [9.17, 15) is 5.26 Å². The molecule has 7 nitrogen and oxygen atoms in total. The lowest BCUT2D eigenvalue weighted by Gasteiger charge is -2.18. The minimum absolute atomic E-state index is 0.333. The molecule has 4 aromatic rings. The molecule has 0 amide bonds. The molecule has 7 heteroatoms. The van der Waals surface area contributed by atoms with Gasteiger partial charge in [0, 0.05) is 30.1 Å². The van der Waals surface area contributed by atoms with Gasteiger partial charge in [0.1, 0.15) is 17.7 Å². The monoisotopic (exact) mass is 383 g/mol. The van der Waals surface area contributed by atoms with Crippen molar-refractivity contribution in [3.05, 3.63) is 59.6 Å². The Morgan fingerprint density at radius 2 is 2.07 bits per heavy atom. The van der Waals surface area contributed by atoms with Crippen LogP contribution in [-0.4, -0.2) is 49.5 Å². The number of hydrogen-bond acceptors (Lipinski definition) is 6. The number of pyridine rings is 1. The van der Waals surface area contributed by atoms with Crippen LogP contribution in [0.4, 0.5) is 0 Å². The summed E-state index contributed by atoms with van der Waals surface area (Å²) in [4.78, 5) is 20.5. The number of rotatable bonds is 3. The third-order valence-corrected chi connectivity index (χ3v) is 5.65. The van der Waals surface area contributed by atoms with E-state index in [1.54, 1.807) is 6.33 Å². The molecular formula is C22H21N7. The Bertz CT molecular complexity index is 1270. The number of hydrogen-bond donors (Lipinski definition) is 0. The van der Waals surface area contributed by atoms with E-state index >= 15 is 0 Å². The number of likely N-dealkylation sites (tertiary alicyclic amines) is 1. The third kappa shape index (κ3) is 3.12. The minimum Gasteiger partial charge on any atom is -0.323 e. The van der Waals surface area contributed by atoms with Crippen molar-refractivity contribution >= 4 is 21.9 Å². The van der Waals surface area contributed by atoms with Crippen LogP contribution in [-0.2, 0) is 6.42 Å². The molecule has 0 saturated carbocycles. The van der Waals surface area contributed by atoms with Gasteiger partial charge in [-0.2, -0.15) is 5.26 Å². The zero-order chi connectivity index (χ0) is 20.0. The molecule has 1 aliphatic rings.